The smallest absolute Gasteiger partial charge is 0.00918 e. The molecular weight excluding hydrogens is 170 g/mol. The number of rotatable bonds is 8. The molecule has 14 heavy (non-hydrogen) atoms. The lowest BCUT2D eigenvalue weighted by Crippen LogP contribution is -2.04. The molecule has 1 N–H and O–H groups in total. The minimum Gasteiger partial charge on any atom is -0.310 e. The van der Waals surface area contributed by atoms with E-state index in [1.165, 1.54) is 25.7 Å². The molecule has 0 radical (unpaired) electrons. The van der Waals surface area contributed by atoms with E-state index < -0.39 is 0 Å². The van der Waals surface area contributed by atoms with Crippen molar-refractivity contribution in [2.24, 2.45) is 11.8 Å². The molecule has 0 bridgehead atoms. The molecule has 0 aliphatic rings. The third-order valence-corrected chi connectivity index (χ3v) is 3.16. The van der Waals surface area contributed by atoms with Gasteiger partial charge in [-0.05, 0) is 31.1 Å². The Balaban J connectivity index is 3.44. The van der Waals surface area contributed by atoms with Crippen molar-refractivity contribution < 1.29 is 0 Å². The number of nitrogens with one attached hydrogen (secondary N) is 1. The summed E-state index contributed by atoms with van der Waals surface area (Å²) in [5.41, 5.74) is 0.961. The lowest BCUT2D eigenvalue weighted by molar-refractivity contribution is 0.498. The quantitative estimate of drug-likeness (QED) is 0.547. The van der Waals surface area contributed by atoms with E-state index in [-0.39, 0.29) is 0 Å². The van der Waals surface area contributed by atoms with Crippen LogP contribution in [0.4, 0.5) is 0 Å². The predicted molar refractivity (Wildman–Crippen MR) is 65.1 cm³/mol. The second kappa shape index (κ2) is 8.02. The lowest BCUT2D eigenvalue weighted by Gasteiger charge is -2.11. The number of hydrogen-bond acceptors (Lipinski definition) is 1. The maximum atomic E-state index is 7.82. The Hall–Kier alpha value is -0.330. The van der Waals surface area contributed by atoms with Gasteiger partial charge in [0.25, 0.3) is 0 Å². The van der Waals surface area contributed by atoms with Gasteiger partial charge in [-0.2, -0.15) is 0 Å². The maximum absolute atomic E-state index is 7.82. The van der Waals surface area contributed by atoms with E-state index in [1.54, 1.807) is 0 Å². The molecule has 0 aromatic carbocycles. The van der Waals surface area contributed by atoms with E-state index in [0.29, 0.717) is 5.92 Å². The Morgan fingerprint density at radius 1 is 1.07 bits per heavy atom. The summed E-state index contributed by atoms with van der Waals surface area (Å²) in [4.78, 5) is 0. The van der Waals surface area contributed by atoms with Crippen molar-refractivity contribution in [3.05, 3.63) is 0 Å². The van der Waals surface area contributed by atoms with Crippen molar-refractivity contribution in [1.82, 2.24) is 0 Å². The first-order chi connectivity index (χ1) is 6.60. The van der Waals surface area contributed by atoms with Crippen molar-refractivity contribution in [1.29, 1.82) is 5.41 Å². The average molecular weight is 197 g/mol. The molecule has 1 heteroatoms. The zero-order valence-corrected chi connectivity index (χ0v) is 10.4. The van der Waals surface area contributed by atoms with Crippen LogP contribution in [0.15, 0.2) is 0 Å². The van der Waals surface area contributed by atoms with Crippen LogP contribution < -0.4 is 0 Å². The van der Waals surface area contributed by atoms with Crippen molar-refractivity contribution in [2.45, 2.75) is 66.2 Å². The molecule has 0 spiro atoms. The summed E-state index contributed by atoms with van der Waals surface area (Å²) in [6.45, 7) is 8.99. The second-order valence-corrected chi connectivity index (χ2v) is 4.73. The van der Waals surface area contributed by atoms with Crippen LogP contribution in [0.3, 0.4) is 0 Å². The van der Waals surface area contributed by atoms with Gasteiger partial charge in [0.05, 0.1) is 0 Å². The summed E-state index contributed by atoms with van der Waals surface area (Å²) in [6.07, 6.45) is 7.02. The van der Waals surface area contributed by atoms with Crippen molar-refractivity contribution in [3.63, 3.8) is 0 Å². The van der Waals surface area contributed by atoms with Gasteiger partial charge in [-0.1, -0.05) is 47.0 Å². The van der Waals surface area contributed by atoms with E-state index in [9.17, 15) is 0 Å². The van der Waals surface area contributed by atoms with Crippen LogP contribution in [0.2, 0.25) is 0 Å². The normalized spacial score (nSPS) is 15.1. The lowest BCUT2D eigenvalue weighted by atomic mass is 9.96. The molecule has 0 rings (SSSR count). The summed E-state index contributed by atoms with van der Waals surface area (Å²) in [5, 5.41) is 7.82. The second-order valence-electron chi connectivity index (χ2n) is 4.73. The van der Waals surface area contributed by atoms with Gasteiger partial charge < -0.3 is 5.41 Å². The SMILES string of the molecule is CCC(C)CCCC(=N)CC(C)CC. The average Bonchev–Trinajstić information content (AvgIpc) is 2.17. The van der Waals surface area contributed by atoms with Gasteiger partial charge in [-0.15, -0.1) is 0 Å². The zero-order valence-electron chi connectivity index (χ0n) is 10.4. The van der Waals surface area contributed by atoms with Gasteiger partial charge in [0.15, 0.2) is 0 Å². The first kappa shape index (κ1) is 13.7. The van der Waals surface area contributed by atoms with Gasteiger partial charge in [-0.3, -0.25) is 0 Å². The Morgan fingerprint density at radius 2 is 1.64 bits per heavy atom. The first-order valence-electron chi connectivity index (χ1n) is 6.16. The zero-order chi connectivity index (χ0) is 11.0. The van der Waals surface area contributed by atoms with Crippen LogP contribution in [0.5, 0.6) is 0 Å². The molecule has 0 aromatic rings. The fourth-order valence-corrected chi connectivity index (χ4v) is 1.54. The monoisotopic (exact) mass is 197 g/mol. The fraction of sp³-hybridized carbons (Fsp3) is 0.923. The summed E-state index contributed by atoms with van der Waals surface area (Å²) in [6, 6.07) is 0. The van der Waals surface area contributed by atoms with Crippen LogP contribution in [0, 0.1) is 17.2 Å². The highest BCUT2D eigenvalue weighted by Gasteiger charge is 2.05. The molecule has 0 aromatic heterocycles. The molecule has 0 fully saturated rings. The van der Waals surface area contributed by atoms with Crippen molar-refractivity contribution >= 4 is 5.71 Å². The van der Waals surface area contributed by atoms with Gasteiger partial charge in [0, 0.05) is 5.71 Å². The third kappa shape index (κ3) is 7.11. The van der Waals surface area contributed by atoms with E-state index in [2.05, 4.69) is 27.7 Å². The van der Waals surface area contributed by atoms with E-state index in [1.807, 2.05) is 0 Å². The minimum atomic E-state index is 0.700. The maximum Gasteiger partial charge on any atom is 0.00918 e. The minimum absolute atomic E-state index is 0.700. The van der Waals surface area contributed by atoms with Crippen LogP contribution >= 0.6 is 0 Å². The van der Waals surface area contributed by atoms with Crippen molar-refractivity contribution in [2.75, 3.05) is 0 Å². The Kier molecular flexibility index (Phi) is 7.83. The van der Waals surface area contributed by atoms with Crippen LogP contribution in [-0.2, 0) is 0 Å². The van der Waals surface area contributed by atoms with Crippen LogP contribution in [0.1, 0.15) is 66.2 Å². The molecule has 0 aliphatic heterocycles. The molecule has 0 amide bonds. The highest BCUT2D eigenvalue weighted by molar-refractivity contribution is 5.81. The predicted octanol–water partition coefficient (Wildman–Crippen LogP) is 4.66. The molecule has 0 saturated heterocycles. The highest BCUT2D eigenvalue weighted by Crippen LogP contribution is 2.14. The molecule has 1 nitrogen and oxygen atoms in total. The Bertz CT molecular complexity index is 151. The van der Waals surface area contributed by atoms with Gasteiger partial charge in [0.1, 0.15) is 0 Å². The largest absolute Gasteiger partial charge is 0.310 e. The summed E-state index contributed by atoms with van der Waals surface area (Å²) in [5.74, 6) is 1.54. The highest BCUT2D eigenvalue weighted by atomic mass is 14.4. The molecule has 0 saturated carbocycles. The molecule has 2 atom stereocenters. The van der Waals surface area contributed by atoms with Crippen LogP contribution in [0.25, 0.3) is 0 Å². The van der Waals surface area contributed by atoms with Crippen LogP contribution in [-0.4, -0.2) is 5.71 Å². The molecule has 84 valence electrons. The van der Waals surface area contributed by atoms with Gasteiger partial charge in [0.2, 0.25) is 0 Å². The topological polar surface area (TPSA) is 23.9 Å². The van der Waals surface area contributed by atoms with E-state index in [4.69, 9.17) is 5.41 Å². The summed E-state index contributed by atoms with van der Waals surface area (Å²) in [7, 11) is 0. The standard InChI is InChI=1S/C13H27N/c1-5-11(3)8-7-9-13(14)10-12(4)6-2/h11-12,14H,5-10H2,1-4H3. The summed E-state index contributed by atoms with van der Waals surface area (Å²) >= 11 is 0. The molecule has 2 unspecified atom stereocenters. The number of hydrogen-bond donors (Lipinski definition) is 1. The fourth-order valence-electron chi connectivity index (χ4n) is 1.54. The third-order valence-electron chi connectivity index (χ3n) is 3.16. The molecule has 0 heterocycles. The van der Waals surface area contributed by atoms with Gasteiger partial charge in [-0.25, -0.2) is 0 Å². The molecular formula is C13H27N. The summed E-state index contributed by atoms with van der Waals surface area (Å²) < 4.78 is 0. The Labute approximate surface area is 89.8 Å². The van der Waals surface area contributed by atoms with Crippen molar-refractivity contribution in [3.8, 4) is 0 Å². The first-order valence-corrected chi connectivity index (χ1v) is 6.16. The Morgan fingerprint density at radius 3 is 2.14 bits per heavy atom. The van der Waals surface area contributed by atoms with E-state index in [0.717, 1.165) is 24.5 Å². The van der Waals surface area contributed by atoms with Gasteiger partial charge >= 0.3 is 0 Å². The molecule has 0 aliphatic carbocycles. The van der Waals surface area contributed by atoms with E-state index >= 15 is 0 Å².